The number of halogens is 1. The second-order valence-electron chi connectivity index (χ2n) is 14.5. The summed E-state index contributed by atoms with van der Waals surface area (Å²) in [6.45, 7) is 7.81. The average molecular weight is 569 g/mol. The lowest BCUT2D eigenvalue weighted by Crippen LogP contribution is -2.58. The molecule has 0 bridgehead atoms. The van der Waals surface area contributed by atoms with Crippen LogP contribution in [-0.4, -0.2) is 39.9 Å². The number of aliphatic hydroxyl groups is 2. The molecule has 10 unspecified atom stereocenters. The molecule has 2 aromatic rings. The Morgan fingerprint density at radius 3 is 2.77 bits per heavy atom. The number of nitrogens with one attached hydrogen (secondary N) is 2. The molecule has 220 valence electrons. The van der Waals surface area contributed by atoms with Crippen LogP contribution in [0.25, 0.3) is 10.9 Å². The Hall–Kier alpha value is -1.56. The standard InChI is InChI=1S/C34H49ClN2O3/c1-20(4-11-32(40)36-15-13-21-19-37-30-10-6-23(35)17-26(21)30)27-8-9-28-25-7-5-22-16-24(38)12-14-33(22,2)29(25)18-31(39)34(27,28)3/h6,10,17,19-20,22,24-25,27-29,31,37-39H,4-5,7-9,11-16,18H2,1-3H3,(H,36,40). The summed E-state index contributed by atoms with van der Waals surface area (Å²) < 4.78 is 0. The Balaban J connectivity index is 1.04. The Labute approximate surface area is 244 Å². The molecule has 4 saturated carbocycles. The van der Waals surface area contributed by atoms with Crippen LogP contribution < -0.4 is 5.32 Å². The summed E-state index contributed by atoms with van der Waals surface area (Å²) in [4.78, 5) is 16.1. The maximum Gasteiger partial charge on any atom is 0.220 e. The Morgan fingerprint density at radius 2 is 1.95 bits per heavy atom. The minimum Gasteiger partial charge on any atom is -0.393 e. The second kappa shape index (κ2) is 10.9. The quantitative estimate of drug-likeness (QED) is 0.293. The van der Waals surface area contributed by atoms with Crippen LogP contribution in [0.5, 0.6) is 0 Å². The zero-order valence-corrected chi connectivity index (χ0v) is 25.4. The molecule has 1 aromatic carbocycles. The van der Waals surface area contributed by atoms with Gasteiger partial charge in [-0.25, -0.2) is 0 Å². The minimum atomic E-state index is -0.269. The predicted octanol–water partition coefficient (Wildman–Crippen LogP) is 6.89. The van der Waals surface area contributed by atoms with Gasteiger partial charge in [0.1, 0.15) is 0 Å². The monoisotopic (exact) mass is 568 g/mol. The van der Waals surface area contributed by atoms with Crippen LogP contribution in [0.4, 0.5) is 0 Å². The van der Waals surface area contributed by atoms with Crippen LogP contribution in [0.1, 0.15) is 90.5 Å². The lowest BCUT2D eigenvalue weighted by Gasteiger charge is -2.62. The van der Waals surface area contributed by atoms with E-state index in [1.807, 2.05) is 24.4 Å². The van der Waals surface area contributed by atoms with Gasteiger partial charge in [-0.15, -0.1) is 0 Å². The zero-order chi connectivity index (χ0) is 28.2. The molecule has 6 rings (SSSR count). The van der Waals surface area contributed by atoms with E-state index in [4.69, 9.17) is 11.6 Å². The maximum absolute atomic E-state index is 12.8. The zero-order valence-electron chi connectivity index (χ0n) is 24.6. The summed E-state index contributed by atoms with van der Waals surface area (Å²) in [7, 11) is 0. The number of aromatic nitrogens is 1. The van der Waals surface area contributed by atoms with Gasteiger partial charge >= 0.3 is 0 Å². The fraction of sp³-hybridized carbons (Fsp3) is 0.735. The van der Waals surface area contributed by atoms with Crippen molar-refractivity contribution < 1.29 is 15.0 Å². The highest BCUT2D eigenvalue weighted by atomic mass is 35.5. The van der Waals surface area contributed by atoms with Gasteiger partial charge in [0.15, 0.2) is 0 Å². The Bertz CT molecular complexity index is 1230. The van der Waals surface area contributed by atoms with E-state index in [9.17, 15) is 15.0 Å². The number of H-pyrrole nitrogens is 1. The van der Waals surface area contributed by atoms with Crippen molar-refractivity contribution in [3.05, 3.63) is 35.0 Å². The smallest absolute Gasteiger partial charge is 0.220 e. The first-order valence-electron chi connectivity index (χ1n) is 16.0. The van der Waals surface area contributed by atoms with E-state index in [0.717, 1.165) is 54.5 Å². The molecule has 0 aliphatic heterocycles. The van der Waals surface area contributed by atoms with Crippen LogP contribution in [0.3, 0.4) is 0 Å². The predicted molar refractivity (Wildman–Crippen MR) is 161 cm³/mol. The van der Waals surface area contributed by atoms with Gasteiger partial charge in [-0.1, -0.05) is 32.4 Å². The number of aliphatic hydroxyl groups excluding tert-OH is 2. The van der Waals surface area contributed by atoms with E-state index in [2.05, 4.69) is 31.1 Å². The van der Waals surface area contributed by atoms with Crippen LogP contribution >= 0.6 is 11.6 Å². The SMILES string of the molecule is CC(CCC(=O)NCCc1c[nH]c2ccc(Cl)cc12)C1CCC2C3CCC4CC(O)CCC4(C)C3CC(O)C12C. The maximum atomic E-state index is 12.8. The lowest BCUT2D eigenvalue weighted by molar-refractivity contribution is -0.174. The number of fused-ring (bicyclic) bond motifs is 6. The molecule has 4 aliphatic carbocycles. The fourth-order valence-corrected chi connectivity index (χ4v) is 10.7. The third-order valence-corrected chi connectivity index (χ3v) is 13.0. The van der Waals surface area contributed by atoms with Gasteiger partial charge in [0.2, 0.25) is 5.91 Å². The summed E-state index contributed by atoms with van der Waals surface area (Å²) >= 11 is 6.18. The van der Waals surface area contributed by atoms with Crippen molar-refractivity contribution in [1.29, 1.82) is 0 Å². The molecular weight excluding hydrogens is 520 g/mol. The first kappa shape index (κ1) is 28.6. The van der Waals surface area contributed by atoms with Gasteiger partial charge in [-0.05, 0) is 134 Å². The molecule has 4 N–H and O–H groups in total. The summed E-state index contributed by atoms with van der Waals surface area (Å²) in [5.41, 5.74) is 2.46. The molecule has 5 nitrogen and oxygen atoms in total. The molecule has 0 radical (unpaired) electrons. The third kappa shape index (κ3) is 4.82. The number of rotatable bonds is 7. The number of hydrogen-bond acceptors (Lipinski definition) is 3. The highest BCUT2D eigenvalue weighted by Crippen LogP contribution is 2.68. The van der Waals surface area contributed by atoms with Crippen molar-refractivity contribution in [2.75, 3.05) is 6.54 Å². The summed E-state index contributed by atoms with van der Waals surface area (Å²) in [6.07, 6.45) is 12.6. The van der Waals surface area contributed by atoms with Crippen molar-refractivity contribution in [1.82, 2.24) is 10.3 Å². The molecule has 0 spiro atoms. The van der Waals surface area contributed by atoms with Crippen molar-refractivity contribution >= 4 is 28.4 Å². The van der Waals surface area contributed by atoms with E-state index >= 15 is 0 Å². The number of aromatic amines is 1. The van der Waals surface area contributed by atoms with Gasteiger partial charge in [0, 0.05) is 35.1 Å². The van der Waals surface area contributed by atoms with E-state index in [-0.39, 0.29) is 28.9 Å². The van der Waals surface area contributed by atoms with Crippen LogP contribution in [-0.2, 0) is 11.2 Å². The number of hydrogen-bond donors (Lipinski definition) is 4. The first-order valence-corrected chi connectivity index (χ1v) is 16.4. The average Bonchev–Trinajstić information content (AvgIpc) is 3.49. The van der Waals surface area contributed by atoms with Gasteiger partial charge in [0.05, 0.1) is 12.2 Å². The molecule has 4 fully saturated rings. The molecular formula is C34H49ClN2O3. The highest BCUT2D eigenvalue weighted by molar-refractivity contribution is 6.31. The lowest BCUT2D eigenvalue weighted by atomic mass is 9.43. The molecule has 6 heteroatoms. The summed E-state index contributed by atoms with van der Waals surface area (Å²) in [5.74, 6) is 3.48. The van der Waals surface area contributed by atoms with Crippen molar-refractivity contribution in [2.45, 2.75) is 104 Å². The van der Waals surface area contributed by atoms with Crippen LogP contribution in [0, 0.1) is 46.3 Å². The molecule has 1 aromatic heterocycles. The minimum absolute atomic E-state index is 0.0505. The number of carbonyl (C=O) groups excluding carboxylic acids is 1. The topological polar surface area (TPSA) is 85.4 Å². The van der Waals surface area contributed by atoms with E-state index < -0.39 is 0 Å². The number of amides is 1. The van der Waals surface area contributed by atoms with Gasteiger partial charge in [0.25, 0.3) is 0 Å². The van der Waals surface area contributed by atoms with Crippen LogP contribution in [0.15, 0.2) is 24.4 Å². The third-order valence-electron chi connectivity index (χ3n) is 12.8. The largest absolute Gasteiger partial charge is 0.393 e. The van der Waals surface area contributed by atoms with E-state index in [1.165, 1.54) is 31.2 Å². The second-order valence-corrected chi connectivity index (χ2v) is 14.9. The molecule has 4 aliphatic rings. The molecule has 40 heavy (non-hydrogen) atoms. The number of benzene rings is 1. The van der Waals surface area contributed by atoms with Crippen molar-refractivity contribution in [3.8, 4) is 0 Å². The van der Waals surface area contributed by atoms with Gasteiger partial charge < -0.3 is 20.5 Å². The molecule has 10 atom stereocenters. The Morgan fingerprint density at radius 1 is 1.12 bits per heavy atom. The van der Waals surface area contributed by atoms with E-state index in [0.29, 0.717) is 48.5 Å². The van der Waals surface area contributed by atoms with Gasteiger partial charge in [-0.3, -0.25) is 4.79 Å². The van der Waals surface area contributed by atoms with E-state index in [1.54, 1.807) is 0 Å². The highest BCUT2D eigenvalue weighted by Gasteiger charge is 2.63. The molecule has 1 heterocycles. The first-order chi connectivity index (χ1) is 19.1. The number of carbonyl (C=O) groups is 1. The fourth-order valence-electron chi connectivity index (χ4n) is 10.5. The van der Waals surface area contributed by atoms with Crippen molar-refractivity contribution in [2.24, 2.45) is 46.3 Å². The van der Waals surface area contributed by atoms with Crippen LogP contribution in [0.2, 0.25) is 5.02 Å². The molecule has 0 saturated heterocycles. The normalized spacial score (nSPS) is 39.8. The molecule has 1 amide bonds. The Kier molecular flexibility index (Phi) is 7.80. The van der Waals surface area contributed by atoms with Gasteiger partial charge in [-0.2, -0.15) is 0 Å². The van der Waals surface area contributed by atoms with Crippen molar-refractivity contribution in [3.63, 3.8) is 0 Å². The summed E-state index contributed by atoms with van der Waals surface area (Å²) in [5, 5.41) is 27.1. The summed E-state index contributed by atoms with van der Waals surface area (Å²) in [6, 6.07) is 5.86.